The second-order valence-electron chi connectivity index (χ2n) is 2.89. The van der Waals surface area contributed by atoms with Gasteiger partial charge < -0.3 is 0 Å². The molecule has 0 fully saturated rings. The summed E-state index contributed by atoms with van der Waals surface area (Å²) in [5.41, 5.74) is 2.25. The topological polar surface area (TPSA) is 0 Å². The van der Waals surface area contributed by atoms with Crippen molar-refractivity contribution in [3.8, 4) is 0 Å². The predicted octanol–water partition coefficient (Wildman–Crippen LogP) is 4.56. The minimum Gasteiger partial charge on any atom is -0.198 e. The van der Waals surface area contributed by atoms with Gasteiger partial charge in [0.25, 0.3) is 0 Å². The van der Waals surface area contributed by atoms with Gasteiger partial charge in [0, 0.05) is 25.8 Å². The number of allylic oxidation sites excluding steroid dienone is 10. The summed E-state index contributed by atoms with van der Waals surface area (Å²) in [5, 5.41) is 0. The van der Waals surface area contributed by atoms with E-state index in [-0.39, 0.29) is 50.7 Å². The molecule has 2 aliphatic carbocycles. The van der Waals surface area contributed by atoms with Gasteiger partial charge in [-0.2, -0.15) is 60.8 Å². The Bertz CT molecular complexity index is 302. The molecule has 0 saturated heterocycles. The van der Waals surface area contributed by atoms with Crippen LogP contribution in [-0.2, 0) is 25.8 Å². The van der Waals surface area contributed by atoms with Gasteiger partial charge in [0.05, 0.1) is 0 Å². The standard InChI is InChI=1S/2C7H7.2ClH.Hf/c2*1-2-7-5-3-4-6-7;;;/h2*2-3,5H,1,4H2;2*1H;/q2*-1;;;. The Morgan fingerprint density at radius 3 is 1.35 bits per heavy atom. The van der Waals surface area contributed by atoms with E-state index >= 15 is 0 Å². The fourth-order valence-corrected chi connectivity index (χ4v) is 1.12. The first-order valence-corrected chi connectivity index (χ1v) is 4.66. The second kappa shape index (κ2) is 14.0. The van der Waals surface area contributed by atoms with Crippen molar-refractivity contribution >= 4 is 24.8 Å². The van der Waals surface area contributed by atoms with E-state index in [9.17, 15) is 0 Å². The summed E-state index contributed by atoms with van der Waals surface area (Å²) in [6.45, 7) is 7.18. The second-order valence-corrected chi connectivity index (χ2v) is 2.89. The van der Waals surface area contributed by atoms with Crippen LogP contribution in [0.1, 0.15) is 12.8 Å². The van der Waals surface area contributed by atoms with Crippen LogP contribution in [-0.4, -0.2) is 0 Å². The van der Waals surface area contributed by atoms with E-state index in [0.717, 1.165) is 24.0 Å². The molecule has 0 amide bonds. The molecule has 0 aromatic carbocycles. The molecule has 2 rings (SSSR count). The average Bonchev–Trinajstić information content (AvgIpc) is 2.92. The normalized spacial score (nSPS) is 13.9. The third-order valence-electron chi connectivity index (χ3n) is 1.88. The zero-order valence-corrected chi connectivity index (χ0v) is 14.8. The van der Waals surface area contributed by atoms with Gasteiger partial charge in [0.15, 0.2) is 0 Å². The number of hydrogen-bond donors (Lipinski definition) is 0. The molecule has 92 valence electrons. The summed E-state index contributed by atoms with van der Waals surface area (Å²) in [5.74, 6) is 0. The molecular weight excluding hydrogens is 418 g/mol. The van der Waals surface area contributed by atoms with Crippen LogP contribution in [0.5, 0.6) is 0 Å². The van der Waals surface area contributed by atoms with Crippen LogP contribution in [0.4, 0.5) is 0 Å². The van der Waals surface area contributed by atoms with Crippen molar-refractivity contribution in [2.24, 2.45) is 0 Å². The van der Waals surface area contributed by atoms with Gasteiger partial charge in [0.1, 0.15) is 0 Å². The summed E-state index contributed by atoms with van der Waals surface area (Å²) in [6, 6.07) is 0. The van der Waals surface area contributed by atoms with Gasteiger partial charge in [-0.15, -0.1) is 37.0 Å². The van der Waals surface area contributed by atoms with E-state index in [1.807, 2.05) is 24.3 Å². The molecule has 0 atom stereocenters. The third-order valence-corrected chi connectivity index (χ3v) is 1.88. The molecular formula is C14H16Cl2Hf-2. The summed E-state index contributed by atoms with van der Waals surface area (Å²) >= 11 is 0. The molecule has 0 aliphatic heterocycles. The van der Waals surface area contributed by atoms with Crippen molar-refractivity contribution in [3.05, 3.63) is 72.9 Å². The van der Waals surface area contributed by atoms with Gasteiger partial charge in [-0.25, -0.2) is 0 Å². The molecule has 17 heavy (non-hydrogen) atoms. The third kappa shape index (κ3) is 9.58. The predicted molar refractivity (Wildman–Crippen MR) is 75.9 cm³/mol. The van der Waals surface area contributed by atoms with E-state index in [4.69, 9.17) is 0 Å². The van der Waals surface area contributed by atoms with Gasteiger partial charge in [0.2, 0.25) is 0 Å². The molecule has 3 heteroatoms. The van der Waals surface area contributed by atoms with Gasteiger partial charge in [-0.05, 0) is 0 Å². The molecule has 0 aromatic heterocycles. The van der Waals surface area contributed by atoms with Crippen LogP contribution in [0.2, 0.25) is 0 Å². The van der Waals surface area contributed by atoms with Crippen LogP contribution in [0.25, 0.3) is 0 Å². The molecule has 0 aromatic rings. The minimum absolute atomic E-state index is 0. The number of halogens is 2. The molecule has 2 aliphatic rings. The van der Waals surface area contributed by atoms with Crippen LogP contribution < -0.4 is 0 Å². The van der Waals surface area contributed by atoms with Crippen LogP contribution in [0.15, 0.2) is 60.8 Å². The van der Waals surface area contributed by atoms with Crippen LogP contribution >= 0.6 is 24.8 Å². The monoisotopic (exact) mass is 434 g/mol. The Morgan fingerprint density at radius 2 is 1.24 bits per heavy atom. The number of rotatable bonds is 2. The van der Waals surface area contributed by atoms with Crippen molar-refractivity contribution in [3.63, 3.8) is 0 Å². The number of hydrogen-bond acceptors (Lipinski definition) is 0. The van der Waals surface area contributed by atoms with Gasteiger partial charge in [-0.1, -0.05) is 12.8 Å². The average molecular weight is 434 g/mol. The van der Waals surface area contributed by atoms with Crippen molar-refractivity contribution in [1.29, 1.82) is 0 Å². The van der Waals surface area contributed by atoms with Crippen molar-refractivity contribution < 1.29 is 25.8 Å². The molecule has 0 saturated carbocycles. The minimum atomic E-state index is 0. The van der Waals surface area contributed by atoms with Gasteiger partial charge >= 0.3 is 0 Å². The first-order chi connectivity index (χ1) is 6.86. The SMILES string of the molecule is C=CC1=[C-]CC=C1.C=CC1=[C-]CC=C1.Cl.Cl.[Hf]. The molecule has 0 unspecified atom stereocenters. The molecule has 0 radical (unpaired) electrons. The van der Waals surface area contributed by atoms with Crippen LogP contribution in [0, 0.1) is 12.2 Å². The largest absolute Gasteiger partial charge is 0.198 e. The zero-order chi connectivity index (χ0) is 10.2. The summed E-state index contributed by atoms with van der Waals surface area (Å²) in [6.07, 6.45) is 19.9. The zero-order valence-electron chi connectivity index (χ0n) is 9.61. The molecule has 0 heterocycles. The van der Waals surface area contributed by atoms with E-state index in [1.54, 1.807) is 0 Å². The van der Waals surface area contributed by atoms with Gasteiger partial charge in [-0.3, -0.25) is 0 Å². The first kappa shape index (κ1) is 22.1. The maximum atomic E-state index is 3.59. The van der Waals surface area contributed by atoms with E-state index < -0.39 is 0 Å². The molecule has 0 bridgehead atoms. The smallest absolute Gasteiger partial charge is 0 e. The Morgan fingerprint density at radius 1 is 0.882 bits per heavy atom. The Kier molecular flexibility index (Phi) is 18.1. The Balaban J connectivity index is -0.000000196. The van der Waals surface area contributed by atoms with Crippen molar-refractivity contribution in [2.45, 2.75) is 12.8 Å². The summed E-state index contributed by atoms with van der Waals surface area (Å²) in [7, 11) is 0. The van der Waals surface area contributed by atoms with E-state index in [0.29, 0.717) is 0 Å². The molecule has 0 N–H and O–H groups in total. The maximum absolute atomic E-state index is 3.59. The fourth-order valence-electron chi connectivity index (χ4n) is 1.12. The van der Waals surface area contributed by atoms with Crippen molar-refractivity contribution in [2.75, 3.05) is 0 Å². The van der Waals surface area contributed by atoms with Crippen LogP contribution in [0.3, 0.4) is 0 Å². The quantitative estimate of drug-likeness (QED) is 0.442. The Hall–Kier alpha value is -0.110. The summed E-state index contributed by atoms with van der Waals surface area (Å²) in [4.78, 5) is 0. The summed E-state index contributed by atoms with van der Waals surface area (Å²) < 4.78 is 0. The fraction of sp³-hybridized carbons (Fsp3) is 0.143. The van der Waals surface area contributed by atoms with E-state index in [1.165, 1.54) is 0 Å². The van der Waals surface area contributed by atoms with E-state index in [2.05, 4.69) is 37.5 Å². The Labute approximate surface area is 136 Å². The molecule has 0 spiro atoms. The molecule has 0 nitrogen and oxygen atoms in total. The van der Waals surface area contributed by atoms with Crippen molar-refractivity contribution in [1.82, 2.24) is 0 Å². The first-order valence-electron chi connectivity index (χ1n) is 4.66. The maximum Gasteiger partial charge on any atom is 0 e.